The van der Waals surface area contributed by atoms with Gasteiger partial charge in [-0.15, -0.1) is 0 Å². The third kappa shape index (κ3) is 3.30. The van der Waals surface area contributed by atoms with E-state index in [-0.39, 0.29) is 18.4 Å². The van der Waals surface area contributed by atoms with Crippen molar-refractivity contribution in [2.45, 2.75) is 31.9 Å². The first-order chi connectivity index (χ1) is 8.88. The van der Waals surface area contributed by atoms with Crippen molar-refractivity contribution in [3.8, 4) is 0 Å². The number of halogens is 4. The van der Waals surface area contributed by atoms with E-state index in [4.69, 9.17) is 0 Å². The maximum Gasteiger partial charge on any atom is 0.391 e. The normalized spacial score (nSPS) is 24.2. The minimum Gasteiger partial charge on any atom is -0.294 e. The molecule has 0 bridgehead atoms. The largest absolute Gasteiger partial charge is 0.391 e. The van der Waals surface area contributed by atoms with Crippen molar-refractivity contribution in [3.63, 3.8) is 0 Å². The smallest absolute Gasteiger partial charge is 0.294 e. The fourth-order valence-corrected chi connectivity index (χ4v) is 2.51. The monoisotopic (exact) mass is 275 g/mol. The Morgan fingerprint density at radius 3 is 2.63 bits per heavy atom. The third-order valence-corrected chi connectivity index (χ3v) is 3.50. The number of carbonyl (C=O) groups is 1. The van der Waals surface area contributed by atoms with Crippen LogP contribution >= 0.6 is 0 Å². The molecule has 1 saturated carbocycles. The molecule has 1 fully saturated rings. The molecule has 0 spiro atoms. The van der Waals surface area contributed by atoms with E-state index in [1.807, 2.05) is 0 Å². The number of pyridine rings is 1. The molecule has 1 aromatic rings. The minimum atomic E-state index is -4.26. The molecule has 1 aliphatic rings. The van der Waals surface area contributed by atoms with Crippen molar-refractivity contribution in [2.24, 2.45) is 11.8 Å². The van der Waals surface area contributed by atoms with Crippen LogP contribution in [0, 0.1) is 17.7 Å². The maximum absolute atomic E-state index is 13.0. The third-order valence-electron chi connectivity index (χ3n) is 3.50. The molecule has 0 saturated heterocycles. The molecule has 0 radical (unpaired) electrons. The van der Waals surface area contributed by atoms with Gasteiger partial charge in [-0.3, -0.25) is 9.78 Å². The van der Waals surface area contributed by atoms with Crippen molar-refractivity contribution < 1.29 is 22.4 Å². The summed E-state index contributed by atoms with van der Waals surface area (Å²) in [4.78, 5) is 15.6. The summed E-state index contributed by atoms with van der Waals surface area (Å²) in [6.07, 6.45) is -1.48. The van der Waals surface area contributed by atoms with Gasteiger partial charge in [0.1, 0.15) is 5.82 Å². The second-order valence-corrected chi connectivity index (χ2v) is 4.86. The zero-order valence-electron chi connectivity index (χ0n) is 10.1. The summed E-state index contributed by atoms with van der Waals surface area (Å²) >= 11 is 0. The molecular weight excluding hydrogens is 262 g/mol. The maximum atomic E-state index is 13.0. The highest BCUT2D eigenvalue weighted by Gasteiger charge is 2.43. The van der Waals surface area contributed by atoms with Gasteiger partial charge in [0.15, 0.2) is 5.78 Å². The van der Waals surface area contributed by atoms with Crippen LogP contribution in [0.4, 0.5) is 17.6 Å². The number of carbonyl (C=O) groups excluding carboxylic acids is 1. The molecule has 6 heteroatoms. The van der Waals surface area contributed by atoms with Crippen molar-refractivity contribution >= 4 is 5.78 Å². The van der Waals surface area contributed by atoms with Gasteiger partial charge < -0.3 is 0 Å². The summed E-state index contributed by atoms with van der Waals surface area (Å²) in [6, 6.07) is 1.02. The van der Waals surface area contributed by atoms with Gasteiger partial charge >= 0.3 is 6.18 Å². The second kappa shape index (κ2) is 5.27. The molecule has 2 rings (SSSR count). The van der Waals surface area contributed by atoms with Crippen LogP contribution < -0.4 is 0 Å². The van der Waals surface area contributed by atoms with Gasteiger partial charge in [-0.1, -0.05) is 6.42 Å². The van der Waals surface area contributed by atoms with E-state index >= 15 is 0 Å². The van der Waals surface area contributed by atoms with Crippen LogP contribution in [0.1, 0.15) is 36.0 Å². The molecule has 1 heterocycles. The standard InChI is InChI=1S/C13H13F4NO/c14-11-5-9(6-18-7-11)12(19)8-2-1-3-10(4-8)13(15,16)17/h5-8,10H,1-4H2. The first-order valence-electron chi connectivity index (χ1n) is 6.09. The van der Waals surface area contributed by atoms with Crippen molar-refractivity contribution in [1.29, 1.82) is 0 Å². The van der Waals surface area contributed by atoms with Crippen molar-refractivity contribution in [2.75, 3.05) is 0 Å². The van der Waals surface area contributed by atoms with Gasteiger partial charge in [0.2, 0.25) is 0 Å². The average molecular weight is 275 g/mol. The quantitative estimate of drug-likeness (QED) is 0.607. The van der Waals surface area contributed by atoms with Crippen molar-refractivity contribution in [1.82, 2.24) is 4.98 Å². The van der Waals surface area contributed by atoms with Crippen LogP contribution in [0.15, 0.2) is 18.5 Å². The molecule has 0 aromatic carbocycles. The molecular formula is C13H13F4NO. The van der Waals surface area contributed by atoms with Crippen LogP contribution in [-0.2, 0) is 0 Å². The number of nitrogens with zero attached hydrogens (tertiary/aromatic N) is 1. The second-order valence-electron chi connectivity index (χ2n) is 4.86. The Hall–Kier alpha value is -1.46. The van der Waals surface area contributed by atoms with Crippen LogP contribution in [0.5, 0.6) is 0 Å². The molecule has 0 amide bonds. The van der Waals surface area contributed by atoms with Gasteiger partial charge in [-0.25, -0.2) is 4.39 Å². The minimum absolute atomic E-state index is 0.0489. The molecule has 19 heavy (non-hydrogen) atoms. The average Bonchev–Trinajstić information content (AvgIpc) is 2.37. The summed E-state index contributed by atoms with van der Waals surface area (Å²) < 4.78 is 50.9. The lowest BCUT2D eigenvalue weighted by Gasteiger charge is -2.29. The Kier molecular flexibility index (Phi) is 3.87. The van der Waals surface area contributed by atoms with Gasteiger partial charge in [0.05, 0.1) is 12.1 Å². The van der Waals surface area contributed by atoms with Crippen LogP contribution in [0.2, 0.25) is 0 Å². The van der Waals surface area contributed by atoms with E-state index in [1.165, 1.54) is 6.20 Å². The fourth-order valence-electron chi connectivity index (χ4n) is 2.51. The van der Waals surface area contributed by atoms with E-state index in [0.29, 0.717) is 12.8 Å². The highest BCUT2D eigenvalue weighted by molar-refractivity contribution is 5.97. The van der Waals surface area contributed by atoms with Gasteiger partial charge in [-0.2, -0.15) is 13.2 Å². The lowest BCUT2D eigenvalue weighted by Crippen LogP contribution is -2.31. The predicted octanol–water partition coefficient (Wildman–Crippen LogP) is 3.77. The number of hydrogen-bond donors (Lipinski definition) is 0. The summed E-state index contributed by atoms with van der Waals surface area (Å²) in [5, 5.41) is 0. The molecule has 2 unspecified atom stereocenters. The van der Waals surface area contributed by atoms with Crippen molar-refractivity contribution in [3.05, 3.63) is 29.8 Å². The number of alkyl halides is 3. The Bertz CT molecular complexity index is 472. The number of Topliss-reactive ketones (excluding diaryl/α,β-unsaturated/α-hetero) is 1. The van der Waals surface area contributed by atoms with Gasteiger partial charge in [-0.05, 0) is 25.3 Å². The summed E-state index contributed by atoms with van der Waals surface area (Å²) in [6.45, 7) is 0. The summed E-state index contributed by atoms with van der Waals surface area (Å²) in [7, 11) is 0. The molecule has 104 valence electrons. The Balaban J connectivity index is 2.11. The first-order valence-corrected chi connectivity index (χ1v) is 6.09. The van der Waals surface area contributed by atoms with Gasteiger partial charge in [0.25, 0.3) is 0 Å². The molecule has 1 aliphatic carbocycles. The number of aromatic nitrogens is 1. The van der Waals surface area contributed by atoms with E-state index in [0.717, 1.165) is 12.3 Å². The SMILES string of the molecule is O=C(c1cncc(F)c1)C1CCCC(C(F)(F)F)C1. The molecule has 2 atom stereocenters. The fraction of sp³-hybridized carbons (Fsp3) is 0.538. The van der Waals surface area contributed by atoms with E-state index in [2.05, 4.69) is 4.98 Å². The van der Waals surface area contributed by atoms with Crippen LogP contribution in [-0.4, -0.2) is 16.9 Å². The number of ketones is 1. The number of rotatable bonds is 2. The van der Waals surface area contributed by atoms with E-state index in [1.54, 1.807) is 0 Å². The lowest BCUT2D eigenvalue weighted by molar-refractivity contribution is -0.184. The Labute approximate surface area is 107 Å². The zero-order chi connectivity index (χ0) is 14.0. The topological polar surface area (TPSA) is 30.0 Å². The highest BCUT2D eigenvalue weighted by atomic mass is 19.4. The highest BCUT2D eigenvalue weighted by Crippen LogP contribution is 2.40. The summed E-state index contributed by atoms with van der Waals surface area (Å²) in [5.74, 6) is -3.23. The summed E-state index contributed by atoms with van der Waals surface area (Å²) in [5.41, 5.74) is 0.0489. The van der Waals surface area contributed by atoms with E-state index < -0.39 is 29.6 Å². The van der Waals surface area contributed by atoms with Crippen LogP contribution in [0.3, 0.4) is 0 Å². The molecule has 1 aromatic heterocycles. The van der Waals surface area contributed by atoms with E-state index in [9.17, 15) is 22.4 Å². The predicted molar refractivity (Wildman–Crippen MR) is 60.0 cm³/mol. The van der Waals surface area contributed by atoms with Gasteiger partial charge in [0, 0.05) is 17.7 Å². The lowest BCUT2D eigenvalue weighted by atomic mass is 9.78. The molecule has 0 N–H and O–H groups in total. The zero-order valence-corrected chi connectivity index (χ0v) is 10.1. The Morgan fingerprint density at radius 1 is 1.26 bits per heavy atom. The molecule has 0 aliphatic heterocycles. The molecule has 2 nitrogen and oxygen atoms in total. The Morgan fingerprint density at radius 2 is 2.00 bits per heavy atom. The first kappa shape index (κ1) is 14.0. The van der Waals surface area contributed by atoms with Crippen LogP contribution in [0.25, 0.3) is 0 Å². The number of hydrogen-bond acceptors (Lipinski definition) is 2.